The SMILES string of the molecule is CCn1nc(C)cc1CC(=O)c1cccc(C)c1F. The van der Waals surface area contributed by atoms with Crippen LogP contribution in [-0.2, 0) is 13.0 Å². The molecule has 0 aliphatic carbocycles. The second kappa shape index (κ2) is 5.34. The Labute approximate surface area is 112 Å². The number of aryl methyl sites for hydroxylation is 3. The number of ketones is 1. The third kappa shape index (κ3) is 2.72. The zero-order valence-electron chi connectivity index (χ0n) is 11.4. The molecule has 1 heterocycles. The molecule has 0 aliphatic heterocycles. The molecule has 0 spiro atoms. The Kier molecular flexibility index (Phi) is 3.79. The third-order valence-corrected chi connectivity index (χ3v) is 3.12. The van der Waals surface area contributed by atoms with Crippen molar-refractivity contribution in [2.45, 2.75) is 33.7 Å². The molecular weight excluding hydrogens is 243 g/mol. The molecule has 0 aliphatic rings. The maximum atomic E-state index is 13.9. The molecule has 2 rings (SSSR count). The summed E-state index contributed by atoms with van der Waals surface area (Å²) >= 11 is 0. The van der Waals surface area contributed by atoms with Crippen LogP contribution in [-0.4, -0.2) is 15.6 Å². The lowest BCUT2D eigenvalue weighted by molar-refractivity contribution is 0.0986. The van der Waals surface area contributed by atoms with E-state index < -0.39 is 5.82 Å². The van der Waals surface area contributed by atoms with Gasteiger partial charge in [-0.3, -0.25) is 9.48 Å². The van der Waals surface area contributed by atoms with Crippen LogP contribution in [0.2, 0.25) is 0 Å². The quantitative estimate of drug-likeness (QED) is 0.792. The van der Waals surface area contributed by atoms with E-state index in [1.54, 1.807) is 23.7 Å². The van der Waals surface area contributed by atoms with E-state index in [2.05, 4.69) is 5.10 Å². The van der Waals surface area contributed by atoms with Crippen molar-refractivity contribution in [3.63, 3.8) is 0 Å². The lowest BCUT2D eigenvalue weighted by Crippen LogP contribution is -2.11. The van der Waals surface area contributed by atoms with Crippen LogP contribution in [0, 0.1) is 19.7 Å². The Balaban J connectivity index is 2.28. The second-order valence-electron chi connectivity index (χ2n) is 4.63. The van der Waals surface area contributed by atoms with Crippen LogP contribution in [0.4, 0.5) is 4.39 Å². The van der Waals surface area contributed by atoms with E-state index in [9.17, 15) is 9.18 Å². The number of halogens is 1. The van der Waals surface area contributed by atoms with Gasteiger partial charge in [-0.05, 0) is 38.5 Å². The van der Waals surface area contributed by atoms with Crippen molar-refractivity contribution in [2.75, 3.05) is 0 Å². The summed E-state index contributed by atoms with van der Waals surface area (Å²) in [6, 6.07) is 6.76. The van der Waals surface area contributed by atoms with Crippen molar-refractivity contribution in [2.24, 2.45) is 0 Å². The number of hydrogen-bond donors (Lipinski definition) is 0. The van der Waals surface area contributed by atoms with Crippen molar-refractivity contribution < 1.29 is 9.18 Å². The zero-order chi connectivity index (χ0) is 14.0. The molecule has 0 N–H and O–H groups in total. The van der Waals surface area contributed by atoms with Crippen molar-refractivity contribution in [1.29, 1.82) is 0 Å². The summed E-state index contributed by atoms with van der Waals surface area (Å²) in [7, 11) is 0. The molecule has 1 aromatic heterocycles. The number of carbonyl (C=O) groups excluding carboxylic acids is 1. The van der Waals surface area contributed by atoms with Gasteiger partial charge in [0.2, 0.25) is 0 Å². The number of rotatable bonds is 4. The number of benzene rings is 1. The molecule has 0 unspecified atom stereocenters. The predicted molar refractivity (Wildman–Crippen MR) is 71.8 cm³/mol. The van der Waals surface area contributed by atoms with E-state index in [1.807, 2.05) is 19.9 Å². The molecule has 0 saturated heterocycles. The van der Waals surface area contributed by atoms with Crippen molar-refractivity contribution in [3.8, 4) is 0 Å². The first kappa shape index (κ1) is 13.5. The fourth-order valence-electron chi connectivity index (χ4n) is 2.14. The van der Waals surface area contributed by atoms with Crippen LogP contribution >= 0.6 is 0 Å². The number of aromatic nitrogens is 2. The van der Waals surface area contributed by atoms with E-state index in [0.29, 0.717) is 12.1 Å². The molecule has 2 aromatic rings. The van der Waals surface area contributed by atoms with Gasteiger partial charge >= 0.3 is 0 Å². The van der Waals surface area contributed by atoms with Crippen LogP contribution < -0.4 is 0 Å². The molecule has 4 heteroatoms. The number of Topliss-reactive ketones (excluding diaryl/α,β-unsaturated/α-hetero) is 1. The minimum absolute atomic E-state index is 0.154. The molecule has 19 heavy (non-hydrogen) atoms. The predicted octanol–water partition coefficient (Wildman–Crippen LogP) is 3.08. The van der Waals surface area contributed by atoms with E-state index in [4.69, 9.17) is 0 Å². The van der Waals surface area contributed by atoms with Gasteiger partial charge in [-0.1, -0.05) is 12.1 Å². The Morgan fingerprint density at radius 1 is 1.37 bits per heavy atom. The summed E-state index contributed by atoms with van der Waals surface area (Å²) < 4.78 is 15.7. The van der Waals surface area contributed by atoms with E-state index in [1.165, 1.54) is 6.07 Å². The highest BCUT2D eigenvalue weighted by atomic mass is 19.1. The molecule has 0 atom stereocenters. The highest BCUT2D eigenvalue weighted by Gasteiger charge is 2.16. The summed E-state index contributed by atoms with van der Waals surface area (Å²) in [6.07, 6.45) is 0.176. The Bertz CT molecular complexity index is 617. The Morgan fingerprint density at radius 2 is 2.11 bits per heavy atom. The first-order valence-corrected chi connectivity index (χ1v) is 6.34. The highest BCUT2D eigenvalue weighted by molar-refractivity contribution is 5.97. The number of hydrogen-bond acceptors (Lipinski definition) is 2. The van der Waals surface area contributed by atoms with Crippen LogP contribution in [0.15, 0.2) is 24.3 Å². The number of carbonyl (C=O) groups is 1. The molecule has 0 saturated carbocycles. The Hall–Kier alpha value is -1.97. The lowest BCUT2D eigenvalue weighted by atomic mass is 10.0. The summed E-state index contributed by atoms with van der Waals surface area (Å²) in [4.78, 5) is 12.2. The van der Waals surface area contributed by atoms with Crippen LogP contribution in [0.3, 0.4) is 0 Å². The van der Waals surface area contributed by atoms with Gasteiger partial charge in [-0.15, -0.1) is 0 Å². The fourth-order valence-corrected chi connectivity index (χ4v) is 2.14. The van der Waals surface area contributed by atoms with Gasteiger partial charge in [0.1, 0.15) is 5.82 Å². The van der Waals surface area contributed by atoms with Crippen LogP contribution in [0.25, 0.3) is 0 Å². The average Bonchev–Trinajstić information content (AvgIpc) is 2.72. The normalized spacial score (nSPS) is 10.7. The molecule has 3 nitrogen and oxygen atoms in total. The molecule has 100 valence electrons. The summed E-state index contributed by atoms with van der Waals surface area (Å²) in [5, 5.41) is 4.29. The fraction of sp³-hybridized carbons (Fsp3) is 0.333. The molecular formula is C15H17FN2O. The minimum atomic E-state index is -0.424. The first-order valence-electron chi connectivity index (χ1n) is 6.34. The van der Waals surface area contributed by atoms with E-state index in [0.717, 1.165) is 11.4 Å². The first-order chi connectivity index (χ1) is 9.02. The van der Waals surface area contributed by atoms with Gasteiger partial charge in [-0.25, -0.2) is 4.39 Å². The van der Waals surface area contributed by atoms with Crippen molar-refractivity contribution in [3.05, 3.63) is 52.6 Å². The smallest absolute Gasteiger partial charge is 0.171 e. The van der Waals surface area contributed by atoms with Crippen LogP contribution in [0.1, 0.15) is 34.2 Å². The number of nitrogens with zero attached hydrogens (tertiary/aromatic N) is 2. The molecule has 0 radical (unpaired) electrons. The maximum absolute atomic E-state index is 13.9. The molecule has 0 fully saturated rings. The third-order valence-electron chi connectivity index (χ3n) is 3.12. The summed E-state index contributed by atoms with van der Waals surface area (Å²) in [5.41, 5.74) is 2.34. The molecule has 0 amide bonds. The van der Waals surface area contributed by atoms with Gasteiger partial charge in [-0.2, -0.15) is 5.10 Å². The standard InChI is InChI=1S/C15H17FN2O/c1-4-18-12(8-11(3)17-18)9-14(19)13-7-5-6-10(2)15(13)16/h5-8H,4,9H2,1-3H3. The second-order valence-corrected chi connectivity index (χ2v) is 4.63. The summed E-state index contributed by atoms with van der Waals surface area (Å²) in [5.74, 6) is -0.636. The largest absolute Gasteiger partial charge is 0.294 e. The lowest BCUT2D eigenvalue weighted by Gasteiger charge is -2.06. The van der Waals surface area contributed by atoms with Crippen molar-refractivity contribution >= 4 is 5.78 Å². The van der Waals surface area contributed by atoms with Gasteiger partial charge in [0.05, 0.1) is 17.7 Å². The maximum Gasteiger partial charge on any atom is 0.171 e. The monoisotopic (exact) mass is 260 g/mol. The topological polar surface area (TPSA) is 34.9 Å². The van der Waals surface area contributed by atoms with Crippen LogP contribution in [0.5, 0.6) is 0 Å². The van der Waals surface area contributed by atoms with E-state index >= 15 is 0 Å². The van der Waals surface area contributed by atoms with Gasteiger partial charge in [0.25, 0.3) is 0 Å². The highest BCUT2D eigenvalue weighted by Crippen LogP contribution is 2.15. The Morgan fingerprint density at radius 3 is 2.79 bits per heavy atom. The summed E-state index contributed by atoms with van der Waals surface area (Å²) in [6.45, 7) is 6.21. The van der Waals surface area contributed by atoms with Crippen molar-refractivity contribution in [1.82, 2.24) is 9.78 Å². The zero-order valence-corrected chi connectivity index (χ0v) is 11.4. The van der Waals surface area contributed by atoms with Gasteiger partial charge in [0.15, 0.2) is 5.78 Å². The molecule has 0 bridgehead atoms. The van der Waals surface area contributed by atoms with Gasteiger partial charge < -0.3 is 0 Å². The minimum Gasteiger partial charge on any atom is -0.294 e. The molecule has 1 aromatic carbocycles. The average molecular weight is 260 g/mol. The van der Waals surface area contributed by atoms with Gasteiger partial charge in [0, 0.05) is 12.2 Å². The van der Waals surface area contributed by atoms with E-state index in [-0.39, 0.29) is 17.8 Å².